The van der Waals surface area contributed by atoms with Crippen molar-refractivity contribution in [3.8, 4) is 0 Å². The second kappa shape index (κ2) is 52.7. The summed E-state index contributed by atoms with van der Waals surface area (Å²) in [6, 6.07) is 0. The highest BCUT2D eigenvalue weighted by Crippen LogP contribution is 2.13. The number of esters is 3. The van der Waals surface area contributed by atoms with Gasteiger partial charge >= 0.3 is 17.9 Å². The van der Waals surface area contributed by atoms with Gasteiger partial charge in [-0.15, -0.1) is 0 Å². The van der Waals surface area contributed by atoms with Gasteiger partial charge in [0.05, 0.1) is 0 Å². The van der Waals surface area contributed by atoms with Crippen molar-refractivity contribution < 1.29 is 28.6 Å². The highest BCUT2D eigenvalue weighted by atomic mass is 16.6. The fourth-order valence-electron chi connectivity index (χ4n) is 6.84. The highest BCUT2D eigenvalue weighted by molar-refractivity contribution is 5.71. The maximum Gasteiger partial charge on any atom is 0.306 e. The third-order valence-electron chi connectivity index (χ3n) is 10.7. The van der Waals surface area contributed by atoms with Crippen LogP contribution in [0.15, 0.2) is 109 Å². The topological polar surface area (TPSA) is 78.9 Å². The highest BCUT2D eigenvalue weighted by Gasteiger charge is 2.19. The van der Waals surface area contributed by atoms with Crippen LogP contribution < -0.4 is 0 Å². The van der Waals surface area contributed by atoms with Crippen LogP contribution in [-0.2, 0) is 28.6 Å². The summed E-state index contributed by atoms with van der Waals surface area (Å²) in [4.78, 5) is 38.0. The van der Waals surface area contributed by atoms with Gasteiger partial charge in [0.25, 0.3) is 0 Å². The SMILES string of the molecule is CC/C=C\C/C=C\C/C=C\C/C=C\C/C=C\CCCC(=O)OC(COC(=O)CCCC/C=C\C/C=C\C/C=C\CC)COC(=O)CCCCCCC/C=C\CCCCCCCCCCC. The quantitative estimate of drug-likeness (QED) is 0.0262. The van der Waals surface area contributed by atoms with Crippen LogP contribution in [0.3, 0.4) is 0 Å². The zero-order valence-electron chi connectivity index (χ0n) is 42.0. The summed E-state index contributed by atoms with van der Waals surface area (Å²) in [5.74, 6) is -1.03. The van der Waals surface area contributed by atoms with Gasteiger partial charge in [0, 0.05) is 19.3 Å². The summed E-state index contributed by atoms with van der Waals surface area (Å²) in [6.45, 7) is 6.31. The van der Waals surface area contributed by atoms with E-state index in [0.717, 1.165) is 103 Å². The van der Waals surface area contributed by atoms with Crippen molar-refractivity contribution >= 4 is 17.9 Å². The van der Waals surface area contributed by atoms with Crippen molar-refractivity contribution in [3.05, 3.63) is 109 Å². The Morgan fingerprint density at radius 2 is 0.615 bits per heavy atom. The van der Waals surface area contributed by atoms with Crippen LogP contribution in [0.4, 0.5) is 0 Å². The molecule has 0 bridgehead atoms. The average Bonchev–Trinajstić information content (AvgIpc) is 3.30. The summed E-state index contributed by atoms with van der Waals surface area (Å²) < 4.78 is 16.7. The Bertz CT molecular complexity index is 1360. The van der Waals surface area contributed by atoms with E-state index in [1.54, 1.807) is 0 Å². The smallest absolute Gasteiger partial charge is 0.306 e. The van der Waals surface area contributed by atoms with E-state index >= 15 is 0 Å². The first kappa shape index (κ1) is 61.1. The van der Waals surface area contributed by atoms with Gasteiger partial charge in [0.15, 0.2) is 6.10 Å². The number of carbonyl (C=O) groups excluding carboxylic acids is 3. The van der Waals surface area contributed by atoms with Crippen LogP contribution in [0.1, 0.15) is 226 Å². The van der Waals surface area contributed by atoms with Crippen molar-refractivity contribution in [2.75, 3.05) is 13.2 Å². The van der Waals surface area contributed by atoms with Gasteiger partial charge in [0.2, 0.25) is 0 Å². The number of carbonyl (C=O) groups is 3. The molecule has 0 saturated carbocycles. The van der Waals surface area contributed by atoms with E-state index < -0.39 is 6.10 Å². The summed E-state index contributed by atoms with van der Waals surface area (Å²) in [6.07, 6.45) is 70.9. The molecule has 1 atom stereocenters. The number of hydrogen-bond acceptors (Lipinski definition) is 6. The molecule has 0 aliphatic carbocycles. The molecule has 0 fully saturated rings. The lowest BCUT2D eigenvalue weighted by molar-refractivity contribution is -0.167. The van der Waals surface area contributed by atoms with Gasteiger partial charge in [-0.3, -0.25) is 14.4 Å². The standard InChI is InChI=1S/C59H96O6/c1-4-7-10-13-16-19-22-25-27-29-31-32-34-37-40-43-46-49-52-58(61)64-55-56(54-63-57(60)51-48-45-42-39-36-24-21-18-15-12-9-6-3)65-59(62)53-50-47-44-41-38-35-33-30-28-26-23-20-17-14-11-8-5-2/h8-9,11-12,17-18,20-21,26,28,31-33,35-36,39,41,44,56H,4-7,10,13-16,19,22-25,27,29-30,34,37-38,40,42-43,45-55H2,1-3H3/b11-8-,12-9-,20-17-,21-18-,28-26-,32-31-,35-33-,39-36-,44-41-. The third-order valence-corrected chi connectivity index (χ3v) is 10.7. The molecule has 0 aromatic rings. The van der Waals surface area contributed by atoms with E-state index in [9.17, 15) is 14.4 Å². The number of ether oxygens (including phenoxy) is 3. The first-order chi connectivity index (χ1) is 32.0. The fourth-order valence-corrected chi connectivity index (χ4v) is 6.84. The summed E-state index contributed by atoms with van der Waals surface area (Å²) >= 11 is 0. The maximum absolute atomic E-state index is 12.8. The Balaban J connectivity index is 4.52. The van der Waals surface area contributed by atoms with E-state index in [1.807, 2.05) is 0 Å². The summed E-state index contributed by atoms with van der Waals surface area (Å²) in [7, 11) is 0. The molecule has 0 heterocycles. The Morgan fingerprint density at radius 1 is 0.323 bits per heavy atom. The van der Waals surface area contributed by atoms with E-state index in [0.29, 0.717) is 25.7 Å². The first-order valence-electron chi connectivity index (χ1n) is 26.4. The predicted octanol–water partition coefficient (Wildman–Crippen LogP) is 17.5. The molecule has 6 nitrogen and oxygen atoms in total. The van der Waals surface area contributed by atoms with Crippen LogP contribution in [0.2, 0.25) is 0 Å². The van der Waals surface area contributed by atoms with Gasteiger partial charge in [-0.25, -0.2) is 0 Å². The largest absolute Gasteiger partial charge is 0.462 e. The molecule has 65 heavy (non-hydrogen) atoms. The second-order valence-electron chi connectivity index (χ2n) is 17.0. The average molecular weight is 901 g/mol. The molecule has 0 aliphatic heterocycles. The summed E-state index contributed by atoms with van der Waals surface area (Å²) in [5.41, 5.74) is 0. The minimum Gasteiger partial charge on any atom is -0.462 e. The fraction of sp³-hybridized carbons (Fsp3) is 0.644. The van der Waals surface area contributed by atoms with Crippen LogP contribution in [0, 0.1) is 0 Å². The zero-order valence-corrected chi connectivity index (χ0v) is 42.0. The van der Waals surface area contributed by atoms with Crippen molar-refractivity contribution in [2.24, 2.45) is 0 Å². The molecule has 6 heteroatoms. The Kier molecular flexibility index (Phi) is 49.5. The molecule has 0 radical (unpaired) electrons. The summed E-state index contributed by atoms with van der Waals surface area (Å²) in [5, 5.41) is 0. The number of unbranched alkanes of at least 4 members (excludes halogenated alkanes) is 17. The van der Waals surface area contributed by atoms with Crippen LogP contribution in [-0.4, -0.2) is 37.2 Å². The van der Waals surface area contributed by atoms with Gasteiger partial charge < -0.3 is 14.2 Å². The molecule has 0 amide bonds. The van der Waals surface area contributed by atoms with Crippen molar-refractivity contribution in [2.45, 2.75) is 232 Å². The van der Waals surface area contributed by atoms with Crippen molar-refractivity contribution in [3.63, 3.8) is 0 Å². The first-order valence-corrected chi connectivity index (χ1v) is 26.4. The number of rotatable bonds is 46. The van der Waals surface area contributed by atoms with Gasteiger partial charge in [0.1, 0.15) is 13.2 Å². The lowest BCUT2D eigenvalue weighted by atomic mass is 10.1. The normalized spacial score (nSPS) is 13.0. The molecule has 1 unspecified atom stereocenters. The Labute approximate surface area is 400 Å². The van der Waals surface area contributed by atoms with E-state index in [4.69, 9.17) is 14.2 Å². The predicted molar refractivity (Wildman–Crippen MR) is 279 cm³/mol. The number of allylic oxidation sites excluding steroid dienone is 18. The molecule has 0 aromatic heterocycles. The Morgan fingerprint density at radius 3 is 1.03 bits per heavy atom. The van der Waals surface area contributed by atoms with Gasteiger partial charge in [-0.1, -0.05) is 201 Å². The third kappa shape index (κ3) is 50.9. The lowest BCUT2D eigenvalue weighted by Gasteiger charge is -2.18. The van der Waals surface area contributed by atoms with Crippen LogP contribution >= 0.6 is 0 Å². The van der Waals surface area contributed by atoms with E-state index in [-0.39, 0.29) is 37.5 Å². The van der Waals surface area contributed by atoms with E-state index in [1.165, 1.54) is 70.6 Å². The minimum atomic E-state index is -0.828. The maximum atomic E-state index is 12.8. The zero-order chi connectivity index (χ0) is 47.2. The molecule has 0 spiro atoms. The molecule has 0 N–H and O–H groups in total. The molecule has 0 saturated heterocycles. The molecule has 368 valence electrons. The molecular formula is C59H96O6. The number of hydrogen-bond donors (Lipinski definition) is 0. The second-order valence-corrected chi connectivity index (χ2v) is 17.0. The Hall–Kier alpha value is -3.93. The van der Waals surface area contributed by atoms with Gasteiger partial charge in [-0.05, 0) is 116 Å². The minimum absolute atomic E-state index is 0.119. The molecule has 0 aliphatic rings. The molecule has 0 aromatic carbocycles. The molecule has 0 rings (SSSR count). The van der Waals surface area contributed by atoms with Gasteiger partial charge in [-0.2, -0.15) is 0 Å². The molecular weight excluding hydrogens is 805 g/mol. The lowest BCUT2D eigenvalue weighted by Crippen LogP contribution is -2.30. The van der Waals surface area contributed by atoms with Crippen molar-refractivity contribution in [1.29, 1.82) is 0 Å². The van der Waals surface area contributed by atoms with Crippen LogP contribution in [0.5, 0.6) is 0 Å². The van der Waals surface area contributed by atoms with Crippen LogP contribution in [0.25, 0.3) is 0 Å². The monoisotopic (exact) mass is 901 g/mol. The van der Waals surface area contributed by atoms with Crippen molar-refractivity contribution in [1.82, 2.24) is 0 Å². The van der Waals surface area contributed by atoms with E-state index in [2.05, 4.69) is 130 Å².